The molecule has 0 spiro atoms. The van der Waals surface area contributed by atoms with Crippen molar-refractivity contribution in [3.8, 4) is 0 Å². The summed E-state index contributed by atoms with van der Waals surface area (Å²) in [5, 5.41) is 0. The van der Waals surface area contributed by atoms with E-state index in [2.05, 4.69) is 59.2 Å². The molecule has 2 aromatic heterocycles. The highest BCUT2D eigenvalue weighted by Crippen LogP contribution is 2.54. The van der Waals surface area contributed by atoms with Gasteiger partial charge in [0.15, 0.2) is 30.6 Å². The molecule has 216 valence electrons. The number of imidazole rings is 1. The molecule has 3 rings (SSSR count). The monoisotopic (exact) mass is 619 g/mol. The van der Waals surface area contributed by atoms with Crippen molar-refractivity contribution in [1.29, 1.82) is 0 Å². The van der Waals surface area contributed by atoms with Crippen LogP contribution in [0.5, 0.6) is 0 Å². The Morgan fingerprint density at radius 3 is 2.08 bits per heavy atom. The predicted molar refractivity (Wildman–Crippen MR) is 161 cm³/mol. The molecule has 0 unspecified atom stereocenters. The van der Waals surface area contributed by atoms with Crippen molar-refractivity contribution >= 4 is 58.0 Å². The van der Waals surface area contributed by atoms with Crippen LogP contribution in [0.1, 0.15) is 12.6 Å². The fourth-order valence-corrected chi connectivity index (χ4v) is 12.7. The van der Waals surface area contributed by atoms with E-state index in [4.69, 9.17) is 22.1 Å². The van der Waals surface area contributed by atoms with E-state index in [1.54, 1.807) is 12.7 Å². The van der Waals surface area contributed by atoms with E-state index < -0.39 is 47.1 Å². The quantitative estimate of drug-likeness (QED) is 0.211. The van der Waals surface area contributed by atoms with Gasteiger partial charge in [-0.3, -0.25) is 9.09 Å². The SMILES string of the molecule is C[Si](C)(C)Nc1ncnc2c1ncn2[C@H]1C[C@H](O[Si](C)(C)C)[C@@H](COP(=O)(O[Si](C)(C)C)O[Si](C)(C)C)O1. The van der Waals surface area contributed by atoms with Crippen molar-refractivity contribution in [2.75, 3.05) is 11.6 Å². The van der Waals surface area contributed by atoms with Crippen LogP contribution in [-0.4, -0.2) is 71.5 Å². The first kappa shape index (κ1) is 31.8. The van der Waals surface area contributed by atoms with Crippen LogP contribution in [0.3, 0.4) is 0 Å². The molecule has 1 saturated heterocycles. The van der Waals surface area contributed by atoms with Crippen molar-refractivity contribution in [1.82, 2.24) is 19.5 Å². The normalized spacial score (nSPS) is 21.8. The van der Waals surface area contributed by atoms with Gasteiger partial charge >= 0.3 is 7.82 Å². The lowest BCUT2D eigenvalue weighted by Gasteiger charge is -2.31. The van der Waals surface area contributed by atoms with Gasteiger partial charge in [-0.1, -0.05) is 19.6 Å². The summed E-state index contributed by atoms with van der Waals surface area (Å²) in [5.41, 5.74) is 1.39. The molecule has 0 aromatic carbocycles. The van der Waals surface area contributed by atoms with Gasteiger partial charge in [0.25, 0.3) is 0 Å². The lowest BCUT2D eigenvalue weighted by molar-refractivity contribution is -0.0390. The van der Waals surface area contributed by atoms with Crippen molar-refractivity contribution in [2.45, 2.75) is 103 Å². The van der Waals surface area contributed by atoms with Crippen molar-refractivity contribution in [3.63, 3.8) is 0 Å². The first-order valence-corrected chi connectivity index (χ1v) is 28.3. The van der Waals surface area contributed by atoms with Gasteiger partial charge in [0.2, 0.25) is 0 Å². The molecule has 0 saturated carbocycles. The largest absolute Gasteiger partial charge is 0.455 e. The van der Waals surface area contributed by atoms with Gasteiger partial charge in [0, 0.05) is 6.42 Å². The first-order chi connectivity index (χ1) is 17.1. The highest BCUT2D eigenvalue weighted by Gasteiger charge is 2.44. The van der Waals surface area contributed by atoms with Crippen LogP contribution in [0, 0.1) is 0 Å². The molecule has 3 heterocycles. The third-order valence-corrected chi connectivity index (χ3v) is 13.6. The van der Waals surface area contributed by atoms with Crippen LogP contribution in [0.25, 0.3) is 11.2 Å². The maximum atomic E-state index is 13.7. The minimum atomic E-state index is -3.78. The van der Waals surface area contributed by atoms with E-state index in [0.29, 0.717) is 17.6 Å². The van der Waals surface area contributed by atoms with Crippen LogP contribution < -0.4 is 4.98 Å². The number of phosphoric acid groups is 1. The lowest BCUT2D eigenvalue weighted by Crippen LogP contribution is -2.38. The summed E-state index contributed by atoms with van der Waals surface area (Å²) in [7, 11) is -11.8. The fraction of sp³-hybridized carbons (Fsp3) is 0.773. The molecule has 0 radical (unpaired) electrons. The second-order valence-corrected chi connectivity index (χ2v) is 34.0. The van der Waals surface area contributed by atoms with E-state index in [1.165, 1.54) is 0 Å². The van der Waals surface area contributed by atoms with E-state index in [1.807, 2.05) is 43.8 Å². The van der Waals surface area contributed by atoms with Gasteiger partial charge in [0.1, 0.15) is 38.2 Å². The molecule has 16 heteroatoms. The second kappa shape index (κ2) is 11.3. The smallest absolute Gasteiger partial charge is 0.412 e. The van der Waals surface area contributed by atoms with Crippen LogP contribution in [0.4, 0.5) is 5.82 Å². The van der Waals surface area contributed by atoms with Gasteiger partial charge in [0.05, 0.1) is 19.0 Å². The number of nitrogens with zero attached hydrogens (tertiary/aromatic N) is 4. The summed E-state index contributed by atoms with van der Waals surface area (Å²) in [6.45, 7) is 24.9. The number of fused-ring (bicyclic) bond motifs is 1. The van der Waals surface area contributed by atoms with Gasteiger partial charge in [-0.15, -0.1) is 0 Å². The van der Waals surface area contributed by atoms with Crippen molar-refractivity contribution in [3.05, 3.63) is 12.7 Å². The Labute approximate surface area is 231 Å². The molecule has 1 N–H and O–H groups in total. The first-order valence-electron chi connectivity index (χ1n) is 13.1. The molecule has 1 aliphatic heterocycles. The third-order valence-electron chi connectivity index (χ3n) is 5.02. The Morgan fingerprint density at radius 1 is 0.947 bits per heavy atom. The van der Waals surface area contributed by atoms with E-state index in [0.717, 1.165) is 5.82 Å². The molecule has 0 bridgehead atoms. The Bertz CT molecular complexity index is 1140. The molecule has 1 fully saturated rings. The summed E-state index contributed by atoms with van der Waals surface area (Å²) < 4.78 is 46.5. The number of hydrogen-bond acceptors (Lipinski definition) is 10. The van der Waals surface area contributed by atoms with E-state index in [-0.39, 0.29) is 18.9 Å². The molecule has 1 aliphatic rings. The second-order valence-electron chi connectivity index (χ2n) is 13.7. The zero-order valence-corrected chi connectivity index (χ0v) is 29.9. The molecule has 0 aliphatic carbocycles. The van der Waals surface area contributed by atoms with Crippen molar-refractivity contribution < 1.29 is 26.7 Å². The Hall–Kier alpha value is -0.752. The number of rotatable bonds is 12. The standard InChI is InChI=1S/C22H46N5O6PSi4/c1-35(2,3)26-21-20-22(24-15-23-21)27(16-25-20)19-13-17(31-36(4,5)6)18(30-19)14-29-34(28,32-37(7,8)9)33-38(10,11)12/h15-19H,13-14H2,1-12H3,(H,23,24,26)/t17-,18+,19+/m0/s1. The zero-order valence-electron chi connectivity index (χ0n) is 25.0. The van der Waals surface area contributed by atoms with Gasteiger partial charge in [-0.2, -0.15) is 0 Å². The molecular formula is C22H46N5O6PSi4. The number of aromatic nitrogens is 4. The van der Waals surface area contributed by atoms with Gasteiger partial charge < -0.3 is 22.6 Å². The van der Waals surface area contributed by atoms with Crippen LogP contribution >= 0.6 is 7.82 Å². The van der Waals surface area contributed by atoms with E-state index >= 15 is 0 Å². The van der Waals surface area contributed by atoms with Gasteiger partial charge in [-0.05, 0) is 58.9 Å². The number of hydrogen-bond donors (Lipinski definition) is 1. The molecule has 11 nitrogen and oxygen atoms in total. The van der Waals surface area contributed by atoms with Crippen LogP contribution in [-0.2, 0) is 26.7 Å². The highest BCUT2D eigenvalue weighted by atomic mass is 31.2. The van der Waals surface area contributed by atoms with E-state index in [9.17, 15) is 4.57 Å². The molecule has 38 heavy (non-hydrogen) atoms. The molecule has 3 atom stereocenters. The Balaban J connectivity index is 1.87. The maximum absolute atomic E-state index is 13.7. The van der Waals surface area contributed by atoms with Crippen LogP contribution in [0.2, 0.25) is 78.6 Å². The van der Waals surface area contributed by atoms with Gasteiger partial charge in [-0.25, -0.2) is 19.5 Å². The lowest BCUT2D eigenvalue weighted by atomic mass is 10.2. The fourth-order valence-electron chi connectivity index (χ4n) is 4.02. The molecular weight excluding hydrogens is 574 g/mol. The van der Waals surface area contributed by atoms with Crippen molar-refractivity contribution in [2.24, 2.45) is 0 Å². The van der Waals surface area contributed by atoms with Crippen LogP contribution in [0.15, 0.2) is 12.7 Å². The Kier molecular flexibility index (Phi) is 9.41. The summed E-state index contributed by atoms with van der Waals surface area (Å²) in [4.78, 5) is 17.1. The number of ether oxygens (including phenoxy) is 1. The number of nitrogens with one attached hydrogen (secondary N) is 1. The average Bonchev–Trinajstić information content (AvgIpc) is 3.25. The number of anilines is 1. The third kappa shape index (κ3) is 9.42. The highest BCUT2D eigenvalue weighted by molar-refractivity contribution is 7.52. The summed E-state index contributed by atoms with van der Waals surface area (Å²) in [5.74, 6) is 0.730. The summed E-state index contributed by atoms with van der Waals surface area (Å²) >= 11 is 0. The topological polar surface area (TPSA) is 119 Å². The average molecular weight is 620 g/mol. The summed E-state index contributed by atoms with van der Waals surface area (Å²) in [6, 6.07) is 0. The minimum absolute atomic E-state index is 0.0297. The summed E-state index contributed by atoms with van der Waals surface area (Å²) in [6.07, 6.45) is 2.78. The minimum Gasteiger partial charge on any atom is -0.412 e. The maximum Gasteiger partial charge on any atom is 0.455 e. The predicted octanol–water partition coefficient (Wildman–Crippen LogP) is 6.41. The molecule has 0 amide bonds. The Morgan fingerprint density at radius 2 is 1.55 bits per heavy atom. The zero-order chi connectivity index (χ0) is 28.7. The molecule has 2 aromatic rings.